The summed E-state index contributed by atoms with van der Waals surface area (Å²) in [6.45, 7) is 8.70. The molecule has 1 unspecified atom stereocenters. The van der Waals surface area contributed by atoms with Gasteiger partial charge in [-0.25, -0.2) is 19.9 Å². The van der Waals surface area contributed by atoms with E-state index in [9.17, 15) is 0 Å². The SMILES string of the molecule is Cc1cc(Nc2ncccn2)nc(C2CCCN(C(C)C)C2)n1. The minimum absolute atomic E-state index is 0.392. The minimum Gasteiger partial charge on any atom is -0.309 e. The van der Waals surface area contributed by atoms with E-state index in [1.165, 1.54) is 13.0 Å². The van der Waals surface area contributed by atoms with Crippen LogP contribution in [-0.4, -0.2) is 44.0 Å². The summed E-state index contributed by atoms with van der Waals surface area (Å²) in [6.07, 6.45) is 5.77. The summed E-state index contributed by atoms with van der Waals surface area (Å²) >= 11 is 0. The van der Waals surface area contributed by atoms with Crippen LogP contribution in [0.3, 0.4) is 0 Å². The fourth-order valence-electron chi connectivity index (χ4n) is 3.00. The number of nitrogens with one attached hydrogen (secondary N) is 1. The van der Waals surface area contributed by atoms with E-state index in [-0.39, 0.29) is 0 Å². The Hall–Kier alpha value is -2.08. The molecular formula is C17H24N6. The second-order valence-electron chi connectivity index (χ2n) is 6.38. The molecule has 0 radical (unpaired) electrons. The van der Waals surface area contributed by atoms with Crippen LogP contribution in [0.4, 0.5) is 11.8 Å². The molecule has 1 fully saturated rings. The molecule has 1 aliphatic rings. The Morgan fingerprint density at radius 1 is 1.22 bits per heavy atom. The van der Waals surface area contributed by atoms with Crippen molar-refractivity contribution in [3.63, 3.8) is 0 Å². The molecule has 1 saturated heterocycles. The van der Waals surface area contributed by atoms with Gasteiger partial charge in [0.2, 0.25) is 5.95 Å². The average molecular weight is 312 g/mol. The predicted octanol–water partition coefficient (Wildman–Crippen LogP) is 2.91. The smallest absolute Gasteiger partial charge is 0.228 e. The molecule has 3 heterocycles. The van der Waals surface area contributed by atoms with Gasteiger partial charge in [0.15, 0.2) is 0 Å². The Bertz CT molecular complexity index is 643. The molecule has 6 heteroatoms. The summed E-state index contributed by atoms with van der Waals surface area (Å²) in [5, 5.41) is 3.17. The Balaban J connectivity index is 1.80. The van der Waals surface area contributed by atoms with Crippen LogP contribution in [0.2, 0.25) is 0 Å². The van der Waals surface area contributed by atoms with Crippen molar-refractivity contribution in [2.24, 2.45) is 0 Å². The van der Waals surface area contributed by atoms with Crippen LogP contribution in [0.1, 0.15) is 44.1 Å². The lowest BCUT2D eigenvalue weighted by molar-refractivity contribution is 0.165. The first-order chi connectivity index (χ1) is 11.1. The number of piperidine rings is 1. The number of anilines is 2. The number of hydrogen-bond donors (Lipinski definition) is 1. The molecule has 0 aliphatic carbocycles. The van der Waals surface area contributed by atoms with Crippen molar-refractivity contribution < 1.29 is 0 Å². The lowest BCUT2D eigenvalue weighted by Crippen LogP contribution is -2.39. The van der Waals surface area contributed by atoms with Crippen molar-refractivity contribution in [2.45, 2.75) is 45.6 Å². The monoisotopic (exact) mass is 312 g/mol. The highest BCUT2D eigenvalue weighted by Crippen LogP contribution is 2.27. The maximum absolute atomic E-state index is 4.72. The summed E-state index contributed by atoms with van der Waals surface area (Å²) in [7, 11) is 0. The van der Waals surface area contributed by atoms with Gasteiger partial charge >= 0.3 is 0 Å². The summed E-state index contributed by atoms with van der Waals surface area (Å²) in [4.78, 5) is 20.3. The molecule has 0 aromatic carbocycles. The van der Waals surface area contributed by atoms with Crippen LogP contribution in [0, 0.1) is 6.92 Å². The van der Waals surface area contributed by atoms with Gasteiger partial charge in [-0.1, -0.05) is 0 Å². The molecule has 1 N–H and O–H groups in total. The molecule has 2 aromatic rings. The van der Waals surface area contributed by atoms with Gasteiger partial charge in [0.25, 0.3) is 0 Å². The molecule has 122 valence electrons. The van der Waals surface area contributed by atoms with Gasteiger partial charge in [0, 0.05) is 42.7 Å². The lowest BCUT2D eigenvalue weighted by Gasteiger charge is -2.34. The van der Waals surface area contributed by atoms with E-state index in [1.54, 1.807) is 18.5 Å². The van der Waals surface area contributed by atoms with Gasteiger partial charge < -0.3 is 10.2 Å². The van der Waals surface area contributed by atoms with Crippen LogP contribution < -0.4 is 5.32 Å². The number of hydrogen-bond acceptors (Lipinski definition) is 6. The molecular weight excluding hydrogens is 288 g/mol. The van der Waals surface area contributed by atoms with Crippen molar-refractivity contribution in [1.82, 2.24) is 24.8 Å². The van der Waals surface area contributed by atoms with E-state index in [4.69, 9.17) is 4.98 Å². The predicted molar refractivity (Wildman–Crippen MR) is 90.8 cm³/mol. The average Bonchev–Trinajstić information content (AvgIpc) is 2.55. The zero-order valence-corrected chi connectivity index (χ0v) is 14.0. The van der Waals surface area contributed by atoms with Gasteiger partial charge in [-0.3, -0.25) is 0 Å². The normalized spacial score (nSPS) is 19.0. The van der Waals surface area contributed by atoms with Crippen LogP contribution in [0.25, 0.3) is 0 Å². The van der Waals surface area contributed by atoms with E-state index in [0.717, 1.165) is 30.3 Å². The molecule has 1 aliphatic heterocycles. The lowest BCUT2D eigenvalue weighted by atomic mass is 9.96. The Labute approximate surface area is 137 Å². The second kappa shape index (κ2) is 7.00. The molecule has 2 aromatic heterocycles. The molecule has 23 heavy (non-hydrogen) atoms. The third-order valence-corrected chi connectivity index (χ3v) is 4.23. The van der Waals surface area contributed by atoms with Crippen molar-refractivity contribution in [3.8, 4) is 0 Å². The third-order valence-electron chi connectivity index (χ3n) is 4.23. The van der Waals surface area contributed by atoms with Gasteiger partial charge in [0.05, 0.1) is 0 Å². The standard InChI is InChI=1S/C17H24N6/c1-12(2)23-9-4-6-14(11-23)16-20-13(3)10-15(21-16)22-17-18-7-5-8-19-17/h5,7-8,10,12,14H,4,6,9,11H2,1-3H3,(H,18,19,20,21,22). The van der Waals surface area contributed by atoms with Crippen molar-refractivity contribution in [1.29, 1.82) is 0 Å². The fourth-order valence-corrected chi connectivity index (χ4v) is 3.00. The zero-order chi connectivity index (χ0) is 16.2. The van der Waals surface area contributed by atoms with Crippen LogP contribution in [0.15, 0.2) is 24.5 Å². The largest absolute Gasteiger partial charge is 0.309 e. The highest BCUT2D eigenvalue weighted by Gasteiger charge is 2.25. The second-order valence-corrected chi connectivity index (χ2v) is 6.38. The summed E-state index contributed by atoms with van der Waals surface area (Å²) < 4.78 is 0. The topological polar surface area (TPSA) is 66.8 Å². The highest BCUT2D eigenvalue weighted by atomic mass is 15.2. The third kappa shape index (κ3) is 4.01. The number of aryl methyl sites for hydroxylation is 1. The number of rotatable bonds is 4. The van der Waals surface area contributed by atoms with E-state index >= 15 is 0 Å². The maximum atomic E-state index is 4.72. The first-order valence-corrected chi connectivity index (χ1v) is 8.25. The van der Waals surface area contributed by atoms with Gasteiger partial charge in [-0.15, -0.1) is 0 Å². The minimum atomic E-state index is 0.392. The molecule has 0 spiro atoms. The van der Waals surface area contributed by atoms with E-state index in [2.05, 4.69) is 39.0 Å². The Morgan fingerprint density at radius 2 is 2.00 bits per heavy atom. The van der Waals surface area contributed by atoms with Crippen molar-refractivity contribution in [2.75, 3.05) is 18.4 Å². The highest BCUT2D eigenvalue weighted by molar-refractivity contribution is 5.47. The van der Waals surface area contributed by atoms with Gasteiger partial charge in [0.1, 0.15) is 11.6 Å². The number of nitrogens with zero attached hydrogens (tertiary/aromatic N) is 5. The maximum Gasteiger partial charge on any atom is 0.228 e. The first-order valence-electron chi connectivity index (χ1n) is 8.25. The van der Waals surface area contributed by atoms with E-state index in [0.29, 0.717) is 17.9 Å². The van der Waals surface area contributed by atoms with Crippen LogP contribution in [0.5, 0.6) is 0 Å². The molecule has 1 atom stereocenters. The molecule has 0 saturated carbocycles. The Morgan fingerprint density at radius 3 is 2.74 bits per heavy atom. The van der Waals surface area contributed by atoms with Gasteiger partial charge in [-0.05, 0) is 46.2 Å². The molecule has 3 rings (SSSR count). The quantitative estimate of drug-likeness (QED) is 0.936. The van der Waals surface area contributed by atoms with Crippen molar-refractivity contribution in [3.05, 3.63) is 36.0 Å². The van der Waals surface area contributed by atoms with Crippen LogP contribution >= 0.6 is 0 Å². The van der Waals surface area contributed by atoms with Crippen LogP contribution in [-0.2, 0) is 0 Å². The molecule has 0 amide bonds. The summed E-state index contributed by atoms with van der Waals surface area (Å²) in [5.74, 6) is 2.64. The first kappa shape index (κ1) is 15.8. The van der Waals surface area contributed by atoms with E-state index < -0.39 is 0 Å². The zero-order valence-electron chi connectivity index (χ0n) is 14.0. The fraction of sp³-hybridized carbons (Fsp3) is 0.529. The van der Waals surface area contributed by atoms with Crippen molar-refractivity contribution >= 4 is 11.8 Å². The number of aromatic nitrogens is 4. The number of likely N-dealkylation sites (tertiary alicyclic amines) is 1. The van der Waals surface area contributed by atoms with E-state index in [1.807, 2.05) is 13.0 Å². The summed E-state index contributed by atoms with van der Waals surface area (Å²) in [6, 6.07) is 4.30. The molecule has 0 bridgehead atoms. The Kier molecular flexibility index (Phi) is 4.81. The summed E-state index contributed by atoms with van der Waals surface area (Å²) in [5.41, 5.74) is 0.968. The van der Waals surface area contributed by atoms with Gasteiger partial charge in [-0.2, -0.15) is 0 Å². The molecule has 6 nitrogen and oxygen atoms in total.